The van der Waals surface area contributed by atoms with Crippen LogP contribution in [0, 0.1) is 5.41 Å². The van der Waals surface area contributed by atoms with E-state index >= 15 is 0 Å². The Hall–Kier alpha value is -3.09. The summed E-state index contributed by atoms with van der Waals surface area (Å²) >= 11 is 0. The molecule has 0 spiro atoms. The summed E-state index contributed by atoms with van der Waals surface area (Å²) < 4.78 is 44.8. The van der Waals surface area contributed by atoms with Crippen LogP contribution in [0.5, 0.6) is 5.75 Å². The number of ether oxygens (including phenoxy) is 1. The van der Waals surface area contributed by atoms with Gasteiger partial charge in [-0.15, -0.1) is 0 Å². The molecule has 0 fully saturated rings. The average molecular weight is 345 g/mol. The molecule has 0 saturated carbocycles. The molecule has 3 rings (SSSR count). The highest BCUT2D eigenvalue weighted by Crippen LogP contribution is 2.39. The fourth-order valence-corrected chi connectivity index (χ4v) is 2.77. The lowest BCUT2D eigenvalue weighted by molar-refractivity contribution is -0.137. The van der Waals surface area contributed by atoms with Gasteiger partial charge in [-0.3, -0.25) is 4.98 Å². The van der Waals surface area contributed by atoms with Crippen molar-refractivity contribution in [3.8, 4) is 16.9 Å². The smallest absolute Gasteiger partial charge is 0.416 e. The van der Waals surface area contributed by atoms with Gasteiger partial charge in [0.15, 0.2) is 0 Å². The van der Waals surface area contributed by atoms with E-state index in [1.165, 1.54) is 7.11 Å². The number of benzene rings is 2. The molecule has 128 valence electrons. The second kappa shape index (κ2) is 6.08. The number of pyridine rings is 1. The predicted octanol–water partition coefficient (Wildman–Crippen LogP) is 4.51. The molecule has 0 bridgehead atoms. The normalized spacial score (nSPS) is 11.5. The van der Waals surface area contributed by atoms with E-state index < -0.39 is 11.7 Å². The van der Waals surface area contributed by atoms with Crippen molar-refractivity contribution in [1.82, 2.24) is 4.98 Å². The van der Waals surface area contributed by atoms with E-state index in [1.807, 2.05) is 0 Å². The Kier molecular flexibility index (Phi) is 4.08. The second-order valence-corrected chi connectivity index (χ2v) is 5.38. The maximum Gasteiger partial charge on any atom is 0.416 e. The Bertz CT molecular complexity index is 968. The molecule has 0 radical (unpaired) electrons. The van der Waals surface area contributed by atoms with Crippen molar-refractivity contribution in [1.29, 1.82) is 5.41 Å². The minimum atomic E-state index is -4.54. The van der Waals surface area contributed by atoms with Crippen molar-refractivity contribution in [2.24, 2.45) is 0 Å². The number of alkyl halides is 3. The summed E-state index contributed by atoms with van der Waals surface area (Å²) in [6, 6.07) is 8.55. The average Bonchev–Trinajstić information content (AvgIpc) is 2.59. The predicted molar refractivity (Wildman–Crippen MR) is 91.0 cm³/mol. The third-order valence-corrected chi connectivity index (χ3v) is 3.93. The molecule has 0 atom stereocenters. The first-order valence-electron chi connectivity index (χ1n) is 7.30. The number of nitrogens with one attached hydrogen (secondary N) is 1. The number of hydrogen-bond donors (Lipinski definition) is 2. The second-order valence-electron chi connectivity index (χ2n) is 5.38. The number of methoxy groups -OCH3 is 1. The van der Waals surface area contributed by atoms with E-state index in [2.05, 4.69) is 4.98 Å². The van der Waals surface area contributed by atoms with Gasteiger partial charge in [0.05, 0.1) is 12.7 Å². The van der Waals surface area contributed by atoms with Crippen molar-refractivity contribution in [2.75, 3.05) is 12.8 Å². The van der Waals surface area contributed by atoms with Gasteiger partial charge in [0, 0.05) is 29.0 Å². The molecular weight excluding hydrogens is 331 g/mol. The fraction of sp³-hybridized carbons (Fsp3) is 0.111. The molecule has 2 aromatic carbocycles. The van der Waals surface area contributed by atoms with Gasteiger partial charge >= 0.3 is 6.18 Å². The minimum Gasteiger partial charge on any atom is -0.494 e. The highest BCUT2D eigenvalue weighted by molar-refractivity contribution is 6.04. The monoisotopic (exact) mass is 345 g/mol. The quantitative estimate of drug-likeness (QED) is 0.542. The van der Waals surface area contributed by atoms with E-state index in [-0.39, 0.29) is 16.8 Å². The lowest BCUT2D eigenvalue weighted by Gasteiger charge is -2.16. The molecule has 0 saturated heterocycles. The van der Waals surface area contributed by atoms with Crippen LogP contribution in [0.4, 0.5) is 18.9 Å². The Morgan fingerprint density at radius 2 is 1.92 bits per heavy atom. The molecule has 4 nitrogen and oxygen atoms in total. The van der Waals surface area contributed by atoms with Crippen molar-refractivity contribution in [3.63, 3.8) is 0 Å². The van der Waals surface area contributed by atoms with Gasteiger partial charge in [0.2, 0.25) is 0 Å². The van der Waals surface area contributed by atoms with E-state index in [4.69, 9.17) is 15.9 Å². The zero-order valence-corrected chi connectivity index (χ0v) is 13.2. The molecule has 0 aliphatic heterocycles. The van der Waals surface area contributed by atoms with E-state index in [0.717, 1.165) is 18.3 Å². The summed E-state index contributed by atoms with van der Waals surface area (Å²) in [6.07, 6.45) is -2.01. The lowest BCUT2D eigenvalue weighted by Crippen LogP contribution is -2.08. The van der Waals surface area contributed by atoms with Crippen LogP contribution in [0.25, 0.3) is 22.0 Å². The first-order chi connectivity index (χ1) is 11.9. The number of nitrogen functional groups attached to an aromatic ring is 1. The fourth-order valence-electron chi connectivity index (χ4n) is 2.77. The third kappa shape index (κ3) is 2.88. The van der Waals surface area contributed by atoms with E-state index in [9.17, 15) is 13.2 Å². The van der Waals surface area contributed by atoms with Gasteiger partial charge < -0.3 is 15.9 Å². The SMILES string of the molecule is COc1ccc(-c2cc(C(F)(F)F)cc(N)c2C=N)c2cccnc12. The van der Waals surface area contributed by atoms with Crippen LogP contribution < -0.4 is 10.5 Å². The largest absolute Gasteiger partial charge is 0.494 e. The van der Waals surface area contributed by atoms with Gasteiger partial charge in [-0.2, -0.15) is 13.2 Å². The van der Waals surface area contributed by atoms with E-state index in [0.29, 0.717) is 22.2 Å². The maximum atomic E-state index is 13.2. The number of rotatable bonds is 3. The zero-order chi connectivity index (χ0) is 18.2. The summed E-state index contributed by atoms with van der Waals surface area (Å²) in [7, 11) is 1.49. The molecule has 1 aromatic heterocycles. The van der Waals surface area contributed by atoms with Crippen molar-refractivity contribution in [2.45, 2.75) is 6.18 Å². The number of nitrogens with two attached hydrogens (primary N) is 1. The van der Waals surface area contributed by atoms with Crippen LogP contribution in [0.1, 0.15) is 11.1 Å². The molecule has 0 aliphatic rings. The summed E-state index contributed by atoms with van der Waals surface area (Å²) in [6.45, 7) is 0. The molecule has 3 aromatic rings. The van der Waals surface area contributed by atoms with Crippen LogP contribution in [0.2, 0.25) is 0 Å². The first-order valence-corrected chi connectivity index (χ1v) is 7.30. The minimum absolute atomic E-state index is 0.104. The Labute approximate surface area is 141 Å². The molecule has 25 heavy (non-hydrogen) atoms. The molecule has 0 aliphatic carbocycles. The lowest BCUT2D eigenvalue weighted by atomic mass is 9.93. The summed E-state index contributed by atoms with van der Waals surface area (Å²) in [5.41, 5.74) is 6.28. The van der Waals surface area contributed by atoms with Crippen LogP contribution >= 0.6 is 0 Å². The number of halogens is 3. The molecular formula is C18H14F3N3O. The van der Waals surface area contributed by atoms with Crippen LogP contribution in [0.3, 0.4) is 0 Å². The molecule has 0 unspecified atom stereocenters. The first kappa shape index (κ1) is 16.8. The molecule has 0 amide bonds. The van der Waals surface area contributed by atoms with Crippen molar-refractivity contribution >= 4 is 22.8 Å². The van der Waals surface area contributed by atoms with E-state index in [1.54, 1.807) is 30.5 Å². The Morgan fingerprint density at radius 3 is 2.56 bits per heavy atom. The third-order valence-electron chi connectivity index (χ3n) is 3.93. The topological polar surface area (TPSA) is 72.0 Å². The van der Waals surface area contributed by atoms with Crippen LogP contribution in [-0.2, 0) is 6.18 Å². The molecule has 7 heteroatoms. The zero-order valence-electron chi connectivity index (χ0n) is 13.2. The van der Waals surface area contributed by atoms with Crippen molar-refractivity contribution in [3.05, 3.63) is 53.7 Å². The standard InChI is InChI=1S/C18H14F3N3O/c1-25-16-5-4-11(12-3-2-6-24-17(12)16)13-7-10(18(19,20)21)8-15(23)14(13)9-22/h2-9,22H,23H2,1H3. The number of anilines is 1. The summed E-state index contributed by atoms with van der Waals surface area (Å²) in [4.78, 5) is 4.25. The Balaban J connectivity index is 2.39. The molecule has 1 heterocycles. The van der Waals surface area contributed by atoms with Crippen molar-refractivity contribution < 1.29 is 17.9 Å². The Morgan fingerprint density at radius 1 is 1.16 bits per heavy atom. The highest BCUT2D eigenvalue weighted by atomic mass is 19.4. The van der Waals surface area contributed by atoms with Crippen LogP contribution in [0.15, 0.2) is 42.6 Å². The van der Waals surface area contributed by atoms with Gasteiger partial charge in [0.25, 0.3) is 0 Å². The number of aromatic nitrogens is 1. The maximum absolute atomic E-state index is 13.2. The number of hydrogen-bond acceptors (Lipinski definition) is 4. The summed E-state index contributed by atoms with van der Waals surface area (Å²) in [5.74, 6) is 0.510. The number of fused-ring (bicyclic) bond motifs is 1. The van der Waals surface area contributed by atoms with Gasteiger partial charge in [-0.25, -0.2) is 0 Å². The number of nitrogens with zero attached hydrogens (tertiary/aromatic N) is 1. The van der Waals surface area contributed by atoms with Gasteiger partial charge in [-0.1, -0.05) is 6.07 Å². The van der Waals surface area contributed by atoms with Gasteiger partial charge in [-0.05, 0) is 41.5 Å². The molecule has 3 N–H and O–H groups in total. The highest BCUT2D eigenvalue weighted by Gasteiger charge is 2.32. The summed E-state index contributed by atoms with van der Waals surface area (Å²) in [5, 5.41) is 8.18. The van der Waals surface area contributed by atoms with Gasteiger partial charge in [0.1, 0.15) is 11.3 Å². The van der Waals surface area contributed by atoms with Crippen LogP contribution in [-0.4, -0.2) is 18.3 Å².